The van der Waals surface area contributed by atoms with E-state index in [9.17, 15) is 0 Å². The second-order valence-corrected chi connectivity index (χ2v) is 6.96. The van der Waals surface area contributed by atoms with Crippen molar-refractivity contribution in [3.05, 3.63) is 29.3 Å². The first-order chi connectivity index (χ1) is 10.2. The van der Waals surface area contributed by atoms with E-state index in [2.05, 4.69) is 34.2 Å². The summed E-state index contributed by atoms with van der Waals surface area (Å²) in [6.45, 7) is 10.5. The van der Waals surface area contributed by atoms with E-state index < -0.39 is 0 Å². The summed E-state index contributed by atoms with van der Waals surface area (Å²) in [5.41, 5.74) is 1.77. The summed E-state index contributed by atoms with van der Waals surface area (Å²) in [6.07, 6.45) is 2.62. The van der Waals surface area contributed by atoms with Crippen molar-refractivity contribution >= 4 is 17.3 Å². The zero-order valence-corrected chi connectivity index (χ0v) is 13.7. The van der Waals surface area contributed by atoms with Gasteiger partial charge in [-0.15, -0.1) is 0 Å². The number of halogens is 1. The van der Waals surface area contributed by atoms with Gasteiger partial charge in [0.1, 0.15) is 0 Å². The first-order valence-corrected chi connectivity index (χ1v) is 8.52. The number of rotatable bonds is 4. The Hall–Kier alpha value is -0.770. The predicted octanol–water partition coefficient (Wildman–Crippen LogP) is 2.85. The van der Waals surface area contributed by atoms with E-state index in [-0.39, 0.29) is 0 Å². The molecule has 2 heterocycles. The maximum absolute atomic E-state index is 6.10. The SMILES string of the molecule is CCC1(CN2CCN(c3cccc(Cl)c3)CC2)CCNC1. The smallest absolute Gasteiger partial charge is 0.0426 e. The van der Waals surface area contributed by atoms with E-state index in [0.29, 0.717) is 5.41 Å². The van der Waals surface area contributed by atoms with Crippen molar-refractivity contribution in [1.82, 2.24) is 10.2 Å². The molecule has 1 unspecified atom stereocenters. The third kappa shape index (κ3) is 3.53. The molecule has 2 saturated heterocycles. The summed E-state index contributed by atoms with van der Waals surface area (Å²) in [7, 11) is 0. The predicted molar refractivity (Wildman–Crippen MR) is 90.3 cm³/mol. The van der Waals surface area contributed by atoms with Gasteiger partial charge in [0.25, 0.3) is 0 Å². The Kier molecular flexibility index (Phi) is 4.72. The molecule has 1 aromatic rings. The summed E-state index contributed by atoms with van der Waals surface area (Å²) < 4.78 is 0. The van der Waals surface area contributed by atoms with E-state index in [0.717, 1.165) is 31.2 Å². The second-order valence-electron chi connectivity index (χ2n) is 6.52. The van der Waals surface area contributed by atoms with Crippen molar-refractivity contribution in [3.8, 4) is 0 Å². The lowest BCUT2D eigenvalue weighted by Crippen LogP contribution is -2.50. The molecule has 2 aliphatic rings. The van der Waals surface area contributed by atoms with Gasteiger partial charge < -0.3 is 10.2 Å². The number of hydrogen-bond donors (Lipinski definition) is 1. The number of hydrogen-bond acceptors (Lipinski definition) is 3. The number of nitrogens with zero attached hydrogens (tertiary/aromatic N) is 2. The van der Waals surface area contributed by atoms with Gasteiger partial charge in [-0.05, 0) is 43.0 Å². The average molecular weight is 308 g/mol. The average Bonchev–Trinajstić information content (AvgIpc) is 2.97. The van der Waals surface area contributed by atoms with Gasteiger partial charge in [0.2, 0.25) is 0 Å². The maximum Gasteiger partial charge on any atom is 0.0426 e. The van der Waals surface area contributed by atoms with Gasteiger partial charge in [0, 0.05) is 50.0 Å². The molecule has 21 heavy (non-hydrogen) atoms. The van der Waals surface area contributed by atoms with Crippen molar-refractivity contribution in [2.24, 2.45) is 5.41 Å². The fourth-order valence-corrected chi connectivity index (χ4v) is 3.84. The lowest BCUT2D eigenvalue weighted by molar-refractivity contribution is 0.151. The van der Waals surface area contributed by atoms with E-state index >= 15 is 0 Å². The van der Waals surface area contributed by atoms with Crippen LogP contribution in [0.5, 0.6) is 0 Å². The van der Waals surface area contributed by atoms with Crippen LogP contribution < -0.4 is 10.2 Å². The highest BCUT2D eigenvalue weighted by atomic mass is 35.5. The Bertz CT molecular complexity index is 463. The third-order valence-corrected chi connectivity index (χ3v) is 5.42. The topological polar surface area (TPSA) is 18.5 Å². The third-order valence-electron chi connectivity index (χ3n) is 5.19. The van der Waals surface area contributed by atoms with Crippen molar-refractivity contribution in [1.29, 1.82) is 0 Å². The quantitative estimate of drug-likeness (QED) is 0.923. The van der Waals surface area contributed by atoms with Crippen LogP contribution in [0.4, 0.5) is 5.69 Å². The number of anilines is 1. The molecule has 0 aromatic heterocycles. The maximum atomic E-state index is 6.10. The molecule has 0 saturated carbocycles. The van der Waals surface area contributed by atoms with E-state index in [1.165, 1.54) is 38.2 Å². The molecule has 0 bridgehead atoms. The first kappa shape index (κ1) is 15.1. The molecule has 3 nitrogen and oxygen atoms in total. The van der Waals surface area contributed by atoms with Gasteiger partial charge in [0.05, 0.1) is 0 Å². The summed E-state index contributed by atoms with van der Waals surface area (Å²) in [5, 5.41) is 4.37. The molecule has 1 aromatic carbocycles. The van der Waals surface area contributed by atoms with Crippen LogP contribution in [-0.2, 0) is 0 Å². The van der Waals surface area contributed by atoms with Crippen molar-refractivity contribution in [2.75, 3.05) is 50.7 Å². The Morgan fingerprint density at radius 3 is 2.67 bits per heavy atom. The van der Waals surface area contributed by atoms with Gasteiger partial charge >= 0.3 is 0 Å². The summed E-state index contributed by atoms with van der Waals surface area (Å²) in [6, 6.07) is 8.22. The highest BCUT2D eigenvalue weighted by molar-refractivity contribution is 6.30. The molecule has 116 valence electrons. The first-order valence-electron chi connectivity index (χ1n) is 8.14. The Morgan fingerprint density at radius 1 is 1.24 bits per heavy atom. The fourth-order valence-electron chi connectivity index (χ4n) is 3.66. The molecular weight excluding hydrogens is 282 g/mol. The number of nitrogens with one attached hydrogen (secondary N) is 1. The van der Waals surface area contributed by atoms with E-state index in [1.807, 2.05) is 12.1 Å². The van der Waals surface area contributed by atoms with Crippen molar-refractivity contribution in [3.63, 3.8) is 0 Å². The normalized spacial score (nSPS) is 27.2. The Balaban J connectivity index is 1.55. The van der Waals surface area contributed by atoms with Crippen LogP contribution in [0.15, 0.2) is 24.3 Å². The minimum absolute atomic E-state index is 0.512. The summed E-state index contributed by atoms with van der Waals surface area (Å²) in [4.78, 5) is 5.10. The monoisotopic (exact) mass is 307 g/mol. The van der Waals surface area contributed by atoms with Gasteiger partial charge in [-0.3, -0.25) is 4.90 Å². The van der Waals surface area contributed by atoms with Crippen LogP contribution in [0.2, 0.25) is 5.02 Å². The molecule has 4 heteroatoms. The zero-order valence-electron chi connectivity index (χ0n) is 12.9. The molecule has 2 aliphatic heterocycles. The summed E-state index contributed by atoms with van der Waals surface area (Å²) >= 11 is 6.10. The van der Waals surface area contributed by atoms with Crippen LogP contribution >= 0.6 is 11.6 Å². The molecular formula is C17H26ClN3. The van der Waals surface area contributed by atoms with Crippen LogP contribution in [-0.4, -0.2) is 50.7 Å². The summed E-state index contributed by atoms with van der Waals surface area (Å²) in [5.74, 6) is 0. The molecule has 0 amide bonds. The fraction of sp³-hybridized carbons (Fsp3) is 0.647. The van der Waals surface area contributed by atoms with E-state index in [4.69, 9.17) is 11.6 Å². The van der Waals surface area contributed by atoms with Crippen LogP contribution in [0, 0.1) is 5.41 Å². The minimum Gasteiger partial charge on any atom is -0.369 e. The van der Waals surface area contributed by atoms with Crippen molar-refractivity contribution in [2.45, 2.75) is 19.8 Å². The van der Waals surface area contributed by atoms with Crippen LogP contribution in [0.25, 0.3) is 0 Å². The lowest BCUT2D eigenvalue weighted by atomic mass is 9.83. The van der Waals surface area contributed by atoms with Crippen LogP contribution in [0.1, 0.15) is 19.8 Å². The van der Waals surface area contributed by atoms with Gasteiger partial charge in [-0.25, -0.2) is 0 Å². The zero-order chi connectivity index (χ0) is 14.7. The lowest BCUT2D eigenvalue weighted by Gasteiger charge is -2.40. The molecule has 0 spiro atoms. The largest absolute Gasteiger partial charge is 0.369 e. The van der Waals surface area contributed by atoms with Gasteiger partial charge in [0.15, 0.2) is 0 Å². The number of benzene rings is 1. The number of piperazine rings is 1. The second kappa shape index (κ2) is 6.55. The molecule has 1 N–H and O–H groups in total. The molecule has 0 radical (unpaired) electrons. The molecule has 2 fully saturated rings. The Labute approximate surface area is 133 Å². The van der Waals surface area contributed by atoms with Gasteiger partial charge in [-0.2, -0.15) is 0 Å². The standard InChI is InChI=1S/C17H26ClN3/c1-2-17(6-7-19-13-17)14-20-8-10-21(11-9-20)16-5-3-4-15(18)12-16/h3-5,12,19H,2,6-11,13-14H2,1H3. The Morgan fingerprint density at radius 2 is 2.05 bits per heavy atom. The van der Waals surface area contributed by atoms with Gasteiger partial charge in [-0.1, -0.05) is 24.6 Å². The van der Waals surface area contributed by atoms with E-state index in [1.54, 1.807) is 0 Å². The highest BCUT2D eigenvalue weighted by Crippen LogP contribution is 2.31. The highest BCUT2D eigenvalue weighted by Gasteiger charge is 2.34. The molecule has 0 aliphatic carbocycles. The van der Waals surface area contributed by atoms with Crippen LogP contribution in [0.3, 0.4) is 0 Å². The minimum atomic E-state index is 0.512. The van der Waals surface area contributed by atoms with Crippen molar-refractivity contribution < 1.29 is 0 Å². The molecule has 1 atom stereocenters. The molecule has 3 rings (SSSR count).